The Kier molecular flexibility index (Phi) is 4.60. The van der Waals surface area contributed by atoms with Crippen LogP contribution in [0.5, 0.6) is 0 Å². The van der Waals surface area contributed by atoms with Gasteiger partial charge in [0.1, 0.15) is 0 Å². The molecule has 1 atom stereocenters. The van der Waals surface area contributed by atoms with Crippen molar-refractivity contribution in [2.24, 2.45) is 0 Å². The van der Waals surface area contributed by atoms with Gasteiger partial charge in [-0.3, -0.25) is 9.78 Å². The molecule has 0 aliphatic heterocycles. The normalized spacial score (nSPS) is 14.7. The number of nitrogens with zero attached hydrogens (tertiary/aromatic N) is 3. The van der Waals surface area contributed by atoms with Crippen molar-refractivity contribution in [3.05, 3.63) is 83.5 Å². The highest BCUT2D eigenvalue weighted by atomic mass is 32.1. The first kappa shape index (κ1) is 18.0. The van der Waals surface area contributed by atoms with Gasteiger partial charge in [0.15, 0.2) is 0 Å². The van der Waals surface area contributed by atoms with Gasteiger partial charge in [0.2, 0.25) is 0 Å². The summed E-state index contributed by atoms with van der Waals surface area (Å²) in [7, 11) is 0. The number of hydrogen-bond acceptors (Lipinski definition) is 4. The lowest BCUT2D eigenvalue weighted by Gasteiger charge is -2.29. The van der Waals surface area contributed by atoms with Crippen molar-refractivity contribution in [1.29, 1.82) is 0 Å². The molecule has 0 radical (unpaired) electrons. The number of carbonyl (C=O) groups excluding carboxylic acids is 1. The van der Waals surface area contributed by atoms with E-state index in [4.69, 9.17) is 4.98 Å². The molecule has 1 aliphatic rings. The summed E-state index contributed by atoms with van der Waals surface area (Å²) < 4.78 is 0. The molecule has 1 unspecified atom stereocenters. The fourth-order valence-corrected chi connectivity index (χ4v) is 4.50. The van der Waals surface area contributed by atoms with Crippen LogP contribution in [0.2, 0.25) is 0 Å². The Morgan fingerprint density at radius 2 is 1.93 bits per heavy atom. The van der Waals surface area contributed by atoms with Crippen LogP contribution in [-0.2, 0) is 0 Å². The number of aromatic nitrogens is 2. The van der Waals surface area contributed by atoms with Crippen LogP contribution in [0.25, 0.3) is 21.5 Å². The van der Waals surface area contributed by atoms with Crippen LogP contribution in [0.4, 0.5) is 0 Å². The van der Waals surface area contributed by atoms with Crippen LogP contribution >= 0.6 is 11.3 Å². The Morgan fingerprint density at radius 1 is 1.10 bits per heavy atom. The van der Waals surface area contributed by atoms with E-state index in [0.29, 0.717) is 5.56 Å². The summed E-state index contributed by atoms with van der Waals surface area (Å²) in [5.41, 5.74) is 3.34. The molecule has 0 saturated heterocycles. The molecule has 4 nitrogen and oxygen atoms in total. The summed E-state index contributed by atoms with van der Waals surface area (Å²) >= 11 is 1.64. The second-order valence-electron chi connectivity index (χ2n) is 7.42. The maximum Gasteiger partial charge on any atom is 0.255 e. The van der Waals surface area contributed by atoms with Gasteiger partial charge >= 0.3 is 0 Å². The summed E-state index contributed by atoms with van der Waals surface area (Å²) in [5.74, 6) is 0.0575. The molecule has 0 bridgehead atoms. The Balaban J connectivity index is 1.62. The van der Waals surface area contributed by atoms with Crippen molar-refractivity contribution in [2.75, 3.05) is 0 Å². The maximum atomic E-state index is 13.9. The highest BCUT2D eigenvalue weighted by molar-refractivity contribution is 7.13. The maximum absolute atomic E-state index is 13.9. The molecule has 0 N–H and O–H groups in total. The van der Waals surface area contributed by atoms with Gasteiger partial charge in [0.25, 0.3) is 5.91 Å². The number of fused-ring (bicyclic) bond motifs is 1. The fourth-order valence-electron chi connectivity index (χ4n) is 3.82. The fraction of sp³-hybridized carbons (Fsp3) is 0.208. The van der Waals surface area contributed by atoms with Gasteiger partial charge < -0.3 is 4.90 Å². The smallest absolute Gasteiger partial charge is 0.255 e. The standard InChI is InChI=1S/C24H21N3OS/c1-16(20-8-4-5-13-25-20)27(17-11-12-17)24(28)19-15-22(23-10-6-14-29-23)26-21-9-3-2-7-18(19)21/h2-10,13-17H,11-12H2,1H3. The van der Waals surface area contributed by atoms with E-state index in [9.17, 15) is 4.79 Å². The van der Waals surface area contributed by atoms with Crippen molar-refractivity contribution in [3.8, 4) is 10.6 Å². The van der Waals surface area contributed by atoms with Crippen molar-refractivity contribution >= 4 is 28.1 Å². The number of carbonyl (C=O) groups is 1. The third kappa shape index (κ3) is 3.42. The molecule has 29 heavy (non-hydrogen) atoms. The minimum atomic E-state index is -0.0756. The van der Waals surface area contributed by atoms with Crippen molar-refractivity contribution in [2.45, 2.75) is 31.8 Å². The first-order valence-electron chi connectivity index (χ1n) is 9.89. The molecule has 1 aliphatic carbocycles. The second kappa shape index (κ2) is 7.41. The molecule has 1 aromatic carbocycles. The summed E-state index contributed by atoms with van der Waals surface area (Å²) in [5, 5.41) is 2.93. The zero-order chi connectivity index (χ0) is 19.8. The van der Waals surface area contributed by atoms with E-state index in [-0.39, 0.29) is 18.0 Å². The highest BCUT2D eigenvalue weighted by Crippen LogP contribution is 2.37. The van der Waals surface area contributed by atoms with Crippen LogP contribution in [0.3, 0.4) is 0 Å². The molecule has 3 heterocycles. The van der Waals surface area contributed by atoms with E-state index >= 15 is 0 Å². The Morgan fingerprint density at radius 3 is 2.66 bits per heavy atom. The number of amides is 1. The molecule has 3 aromatic heterocycles. The highest BCUT2D eigenvalue weighted by Gasteiger charge is 2.37. The number of thiophene rings is 1. The lowest BCUT2D eigenvalue weighted by molar-refractivity contribution is 0.0672. The quantitative estimate of drug-likeness (QED) is 0.431. The molecular formula is C24H21N3OS. The van der Waals surface area contributed by atoms with Gasteiger partial charge in [0, 0.05) is 17.6 Å². The molecule has 4 aromatic rings. The Bertz CT molecular complexity index is 1150. The van der Waals surface area contributed by atoms with Crippen molar-refractivity contribution < 1.29 is 4.79 Å². The van der Waals surface area contributed by atoms with Crippen molar-refractivity contribution in [1.82, 2.24) is 14.9 Å². The number of pyridine rings is 2. The van der Waals surface area contributed by atoms with Gasteiger partial charge in [-0.25, -0.2) is 4.98 Å². The molecule has 144 valence electrons. The molecular weight excluding hydrogens is 378 g/mol. The third-order valence-electron chi connectivity index (χ3n) is 5.43. The zero-order valence-electron chi connectivity index (χ0n) is 16.2. The van der Waals surface area contributed by atoms with Gasteiger partial charge in [-0.15, -0.1) is 11.3 Å². The summed E-state index contributed by atoms with van der Waals surface area (Å²) in [6, 6.07) is 20.0. The Hall–Kier alpha value is -3.05. The Labute approximate surface area is 173 Å². The average Bonchev–Trinajstić information content (AvgIpc) is 3.44. The molecule has 1 amide bonds. The number of benzene rings is 1. The predicted octanol–water partition coefficient (Wildman–Crippen LogP) is 5.72. The first-order valence-corrected chi connectivity index (χ1v) is 10.8. The van der Waals surface area contributed by atoms with Gasteiger partial charge in [0.05, 0.1) is 33.4 Å². The predicted molar refractivity (Wildman–Crippen MR) is 117 cm³/mol. The molecule has 0 spiro atoms. The molecule has 5 rings (SSSR count). The summed E-state index contributed by atoms with van der Waals surface area (Å²) in [4.78, 5) is 26.2. The monoisotopic (exact) mass is 399 g/mol. The van der Waals surface area contributed by atoms with Gasteiger partial charge in [-0.1, -0.05) is 30.3 Å². The minimum Gasteiger partial charge on any atom is -0.327 e. The van der Waals surface area contributed by atoms with Gasteiger partial charge in [-0.05, 0) is 55.5 Å². The lowest BCUT2D eigenvalue weighted by Crippen LogP contribution is -2.36. The summed E-state index contributed by atoms with van der Waals surface area (Å²) in [6.07, 6.45) is 3.88. The van der Waals surface area contributed by atoms with E-state index in [1.54, 1.807) is 17.5 Å². The number of hydrogen-bond donors (Lipinski definition) is 0. The second-order valence-corrected chi connectivity index (χ2v) is 8.37. The number of para-hydroxylation sites is 1. The van der Waals surface area contributed by atoms with E-state index in [0.717, 1.165) is 40.0 Å². The molecule has 1 saturated carbocycles. The van der Waals surface area contributed by atoms with Crippen LogP contribution < -0.4 is 0 Å². The van der Waals surface area contributed by atoms with E-state index in [1.165, 1.54) is 0 Å². The van der Waals surface area contributed by atoms with Crippen LogP contribution in [-0.4, -0.2) is 26.8 Å². The SMILES string of the molecule is CC(c1ccccn1)N(C(=O)c1cc(-c2cccs2)nc2ccccc12)C1CC1. The van der Waals surface area contributed by atoms with Crippen LogP contribution in [0.1, 0.15) is 41.9 Å². The third-order valence-corrected chi connectivity index (χ3v) is 6.32. The zero-order valence-corrected chi connectivity index (χ0v) is 17.0. The van der Waals surface area contributed by atoms with Crippen LogP contribution in [0, 0.1) is 0 Å². The van der Waals surface area contributed by atoms with E-state index in [2.05, 4.69) is 11.9 Å². The number of rotatable bonds is 5. The van der Waals surface area contributed by atoms with Crippen LogP contribution in [0.15, 0.2) is 72.2 Å². The first-order chi connectivity index (χ1) is 14.2. The van der Waals surface area contributed by atoms with E-state index in [1.807, 2.05) is 70.9 Å². The molecule has 1 fully saturated rings. The van der Waals surface area contributed by atoms with Crippen molar-refractivity contribution in [3.63, 3.8) is 0 Å². The average molecular weight is 400 g/mol. The minimum absolute atomic E-state index is 0.0575. The topological polar surface area (TPSA) is 46.1 Å². The molecule has 5 heteroatoms. The van der Waals surface area contributed by atoms with Gasteiger partial charge in [-0.2, -0.15) is 0 Å². The summed E-state index contributed by atoms with van der Waals surface area (Å²) in [6.45, 7) is 2.07. The lowest BCUT2D eigenvalue weighted by atomic mass is 10.0. The van der Waals surface area contributed by atoms with E-state index < -0.39 is 0 Å². The largest absolute Gasteiger partial charge is 0.327 e.